The lowest BCUT2D eigenvalue weighted by atomic mass is 9.74. The topological polar surface area (TPSA) is 85.3 Å². The van der Waals surface area contributed by atoms with Crippen LogP contribution in [-0.2, 0) is 23.9 Å². The molecule has 0 aromatic carbocycles. The lowest BCUT2D eigenvalue weighted by molar-refractivity contribution is -0.349. The van der Waals surface area contributed by atoms with Crippen molar-refractivity contribution >= 4 is 11.9 Å². The first kappa shape index (κ1) is 34.0. The minimum absolute atomic E-state index is 0.0439. The van der Waals surface area contributed by atoms with Crippen LogP contribution in [0.15, 0.2) is 0 Å². The standard InChI is InChI=1S/C32H59NO6/c1-6-7-8-9-10-11-12-13-14-15-16-17-18-19-20-21-29(30(35)36)31(5)24-37-32(38-25-31)22-26(2)33(27(3)23-32)39-28(4)34/h26-27,29H,6-25H2,1-5H3,(H,35,36). The predicted molar refractivity (Wildman–Crippen MR) is 155 cm³/mol. The normalized spacial score (nSPS) is 28.4. The summed E-state index contributed by atoms with van der Waals surface area (Å²) in [6, 6.07) is -0.0878. The summed E-state index contributed by atoms with van der Waals surface area (Å²) in [5, 5.41) is 11.8. The SMILES string of the molecule is CCCCCCCCCCCCCCCCCC(C(=O)O)C1(C)COC2(CC(C)N(OC(C)=O)C(C)C2)OC1. The number of ether oxygens (including phenoxy) is 2. The third-order valence-electron chi connectivity index (χ3n) is 8.88. The molecule has 0 aromatic rings. The number of carbonyl (C=O) groups excluding carboxylic acids is 1. The Morgan fingerprint density at radius 3 is 1.62 bits per heavy atom. The smallest absolute Gasteiger partial charge is 0.322 e. The second-order valence-electron chi connectivity index (χ2n) is 12.8. The van der Waals surface area contributed by atoms with Gasteiger partial charge in [-0.2, -0.15) is 0 Å². The van der Waals surface area contributed by atoms with Gasteiger partial charge in [0.05, 0.1) is 19.1 Å². The van der Waals surface area contributed by atoms with E-state index in [-0.39, 0.29) is 18.1 Å². The number of hydrogen-bond donors (Lipinski definition) is 1. The van der Waals surface area contributed by atoms with E-state index in [1.807, 2.05) is 20.8 Å². The molecule has 7 heteroatoms. The molecular weight excluding hydrogens is 494 g/mol. The number of aliphatic carboxylic acids is 1. The average Bonchev–Trinajstić information content (AvgIpc) is 2.88. The number of unbranched alkanes of at least 4 members (excludes halogenated alkanes) is 14. The molecule has 7 nitrogen and oxygen atoms in total. The van der Waals surface area contributed by atoms with Crippen molar-refractivity contribution in [1.82, 2.24) is 5.06 Å². The molecule has 2 rings (SSSR count). The molecule has 0 aliphatic carbocycles. The van der Waals surface area contributed by atoms with Crippen molar-refractivity contribution in [3.63, 3.8) is 0 Å². The zero-order valence-corrected chi connectivity index (χ0v) is 25.8. The number of nitrogens with zero attached hydrogens (tertiary/aromatic N) is 1. The van der Waals surface area contributed by atoms with Crippen molar-refractivity contribution in [2.45, 2.75) is 168 Å². The Kier molecular flexibility index (Phi) is 15.3. The first-order valence-corrected chi connectivity index (χ1v) is 16.1. The highest BCUT2D eigenvalue weighted by Gasteiger charge is 2.52. The Bertz CT molecular complexity index is 691. The van der Waals surface area contributed by atoms with Gasteiger partial charge in [0.2, 0.25) is 0 Å². The molecule has 0 radical (unpaired) electrons. The fourth-order valence-corrected chi connectivity index (χ4v) is 6.53. The third kappa shape index (κ3) is 11.7. The number of hydroxylamine groups is 2. The van der Waals surface area contributed by atoms with Crippen molar-refractivity contribution in [1.29, 1.82) is 0 Å². The number of carboxylic acid groups (broad SMARTS) is 1. The molecule has 2 aliphatic heterocycles. The molecule has 39 heavy (non-hydrogen) atoms. The zero-order chi connectivity index (χ0) is 28.7. The Hall–Kier alpha value is -1.18. The minimum Gasteiger partial charge on any atom is -0.481 e. The first-order chi connectivity index (χ1) is 18.6. The first-order valence-electron chi connectivity index (χ1n) is 16.1. The van der Waals surface area contributed by atoms with E-state index in [2.05, 4.69) is 6.92 Å². The highest BCUT2D eigenvalue weighted by Crippen LogP contribution is 2.44. The van der Waals surface area contributed by atoms with Gasteiger partial charge in [0.15, 0.2) is 5.79 Å². The maximum atomic E-state index is 12.2. The van der Waals surface area contributed by atoms with Gasteiger partial charge in [-0.25, -0.2) is 0 Å². The summed E-state index contributed by atoms with van der Waals surface area (Å²) < 4.78 is 12.6. The largest absolute Gasteiger partial charge is 0.481 e. The van der Waals surface area contributed by atoms with E-state index in [4.69, 9.17) is 14.3 Å². The molecule has 228 valence electrons. The lowest BCUT2D eigenvalue weighted by Gasteiger charge is -2.52. The van der Waals surface area contributed by atoms with Gasteiger partial charge < -0.3 is 19.4 Å². The van der Waals surface area contributed by atoms with Gasteiger partial charge in [-0.1, -0.05) is 110 Å². The van der Waals surface area contributed by atoms with Crippen LogP contribution in [0.5, 0.6) is 0 Å². The molecule has 0 amide bonds. The lowest BCUT2D eigenvalue weighted by Crippen LogP contribution is -2.60. The molecule has 1 N–H and O–H groups in total. The van der Waals surface area contributed by atoms with Gasteiger partial charge in [-0.15, -0.1) is 5.06 Å². The van der Waals surface area contributed by atoms with Gasteiger partial charge in [0.1, 0.15) is 0 Å². The highest BCUT2D eigenvalue weighted by atomic mass is 16.7. The van der Waals surface area contributed by atoms with E-state index in [1.165, 1.54) is 90.4 Å². The highest BCUT2D eigenvalue weighted by molar-refractivity contribution is 5.71. The summed E-state index contributed by atoms with van der Waals surface area (Å²) in [4.78, 5) is 29.1. The third-order valence-corrected chi connectivity index (χ3v) is 8.88. The van der Waals surface area contributed by atoms with Crippen LogP contribution in [0.1, 0.15) is 150 Å². The van der Waals surface area contributed by atoms with Crippen LogP contribution in [0.4, 0.5) is 0 Å². The van der Waals surface area contributed by atoms with E-state index in [1.54, 1.807) is 5.06 Å². The van der Waals surface area contributed by atoms with E-state index >= 15 is 0 Å². The maximum Gasteiger partial charge on any atom is 0.322 e. The number of carboxylic acids is 1. The molecule has 3 atom stereocenters. The Morgan fingerprint density at radius 2 is 1.23 bits per heavy atom. The second-order valence-corrected chi connectivity index (χ2v) is 12.8. The Morgan fingerprint density at radius 1 is 0.821 bits per heavy atom. The molecule has 0 bridgehead atoms. The molecule has 0 saturated carbocycles. The van der Waals surface area contributed by atoms with E-state index < -0.39 is 23.1 Å². The molecule has 2 aliphatic rings. The number of rotatable bonds is 19. The molecule has 2 saturated heterocycles. The zero-order valence-electron chi connectivity index (χ0n) is 25.8. The van der Waals surface area contributed by atoms with E-state index in [0.29, 0.717) is 32.5 Å². The van der Waals surface area contributed by atoms with Crippen LogP contribution in [0.2, 0.25) is 0 Å². The Balaban J connectivity index is 1.62. The van der Waals surface area contributed by atoms with Crippen molar-refractivity contribution in [2.24, 2.45) is 11.3 Å². The molecule has 3 unspecified atom stereocenters. The van der Waals surface area contributed by atoms with Crippen molar-refractivity contribution in [3.8, 4) is 0 Å². The summed E-state index contributed by atoms with van der Waals surface area (Å²) in [6.45, 7) is 10.4. The summed E-state index contributed by atoms with van der Waals surface area (Å²) in [6.07, 6.45) is 21.4. The van der Waals surface area contributed by atoms with E-state index in [9.17, 15) is 14.7 Å². The van der Waals surface area contributed by atoms with Gasteiger partial charge >= 0.3 is 11.9 Å². The van der Waals surface area contributed by atoms with Crippen LogP contribution in [0.25, 0.3) is 0 Å². The monoisotopic (exact) mass is 553 g/mol. The minimum atomic E-state index is -0.752. The molecule has 0 aromatic heterocycles. The molecule has 1 spiro atoms. The Labute approximate surface area is 238 Å². The quantitative estimate of drug-likeness (QED) is 0.162. The summed E-state index contributed by atoms with van der Waals surface area (Å²) in [5.74, 6) is -2.30. The van der Waals surface area contributed by atoms with Crippen LogP contribution in [-0.4, -0.2) is 53.2 Å². The maximum absolute atomic E-state index is 12.2. The van der Waals surface area contributed by atoms with Gasteiger partial charge in [-0.3, -0.25) is 9.59 Å². The van der Waals surface area contributed by atoms with Crippen molar-refractivity contribution in [3.05, 3.63) is 0 Å². The van der Waals surface area contributed by atoms with Gasteiger partial charge in [0.25, 0.3) is 0 Å². The fourth-order valence-electron chi connectivity index (χ4n) is 6.53. The molecular formula is C32H59NO6. The summed E-state index contributed by atoms with van der Waals surface area (Å²) in [5.41, 5.74) is -0.549. The number of hydrogen-bond acceptors (Lipinski definition) is 6. The fraction of sp³-hybridized carbons (Fsp3) is 0.938. The van der Waals surface area contributed by atoms with Crippen LogP contribution in [0, 0.1) is 11.3 Å². The average molecular weight is 554 g/mol. The van der Waals surface area contributed by atoms with E-state index in [0.717, 1.165) is 12.8 Å². The molecule has 2 fully saturated rings. The van der Waals surface area contributed by atoms with Crippen LogP contribution >= 0.6 is 0 Å². The second kappa shape index (κ2) is 17.6. The molecule has 2 heterocycles. The number of piperidine rings is 1. The summed E-state index contributed by atoms with van der Waals surface area (Å²) >= 11 is 0. The van der Waals surface area contributed by atoms with Crippen molar-refractivity contribution < 1.29 is 29.0 Å². The van der Waals surface area contributed by atoms with Crippen LogP contribution < -0.4 is 0 Å². The van der Waals surface area contributed by atoms with Crippen LogP contribution in [0.3, 0.4) is 0 Å². The van der Waals surface area contributed by atoms with Gasteiger partial charge in [0, 0.05) is 37.3 Å². The number of carbonyl (C=O) groups is 2. The summed E-state index contributed by atoms with van der Waals surface area (Å²) in [7, 11) is 0. The predicted octanol–water partition coefficient (Wildman–Crippen LogP) is 8.05. The van der Waals surface area contributed by atoms with Gasteiger partial charge in [-0.05, 0) is 20.3 Å². The van der Waals surface area contributed by atoms with Crippen molar-refractivity contribution in [2.75, 3.05) is 13.2 Å².